The number of rotatable bonds is 7. The Balaban J connectivity index is 1.48. The fourth-order valence-corrected chi connectivity index (χ4v) is 3.90. The molecule has 4 aromatic rings. The van der Waals surface area contributed by atoms with Crippen LogP contribution in [0.4, 0.5) is 0 Å². The zero-order valence-electron chi connectivity index (χ0n) is 16.0. The molecule has 0 aliphatic rings. The first-order chi connectivity index (χ1) is 14.7. The van der Waals surface area contributed by atoms with Gasteiger partial charge < -0.3 is 5.32 Å². The van der Waals surface area contributed by atoms with E-state index in [2.05, 4.69) is 20.5 Å². The van der Waals surface area contributed by atoms with Crippen molar-refractivity contribution in [1.29, 1.82) is 0 Å². The zero-order chi connectivity index (χ0) is 20.8. The van der Waals surface area contributed by atoms with Gasteiger partial charge in [-0.2, -0.15) is 5.10 Å². The molecule has 2 N–H and O–H groups in total. The largest absolute Gasteiger partial charge is 0.341 e. The molecule has 1 heterocycles. The van der Waals surface area contributed by atoms with Crippen molar-refractivity contribution in [3.05, 3.63) is 112 Å². The van der Waals surface area contributed by atoms with E-state index < -0.39 is 0 Å². The van der Waals surface area contributed by atoms with Gasteiger partial charge in [-0.15, -0.1) is 0 Å². The van der Waals surface area contributed by atoms with Crippen LogP contribution in [0, 0.1) is 0 Å². The van der Waals surface area contributed by atoms with Gasteiger partial charge in [-0.25, -0.2) is 4.98 Å². The lowest BCUT2D eigenvalue weighted by Crippen LogP contribution is -2.29. The second kappa shape index (κ2) is 9.61. The lowest BCUT2D eigenvalue weighted by atomic mass is 9.98. The first kappa shape index (κ1) is 20.2. The normalized spacial score (nSPS) is 11.8. The Morgan fingerprint density at radius 1 is 0.967 bits per heavy atom. The number of amides is 1. The van der Waals surface area contributed by atoms with Crippen molar-refractivity contribution >= 4 is 29.3 Å². The monoisotopic (exact) mass is 434 g/mol. The summed E-state index contributed by atoms with van der Waals surface area (Å²) < 4.78 is 0. The summed E-state index contributed by atoms with van der Waals surface area (Å²) in [7, 11) is 0. The minimum atomic E-state index is -0.266. The average molecular weight is 435 g/mol. The van der Waals surface area contributed by atoms with Gasteiger partial charge in [0, 0.05) is 16.3 Å². The predicted octanol–water partition coefficient (Wildman–Crippen LogP) is 5.27. The van der Waals surface area contributed by atoms with E-state index in [0.717, 1.165) is 27.6 Å². The van der Waals surface area contributed by atoms with Crippen LogP contribution in [0.3, 0.4) is 0 Å². The van der Waals surface area contributed by atoms with E-state index in [0.29, 0.717) is 10.6 Å². The van der Waals surface area contributed by atoms with Gasteiger partial charge in [-0.3, -0.25) is 9.89 Å². The summed E-state index contributed by atoms with van der Waals surface area (Å²) in [4.78, 5) is 17.1. The van der Waals surface area contributed by atoms with Gasteiger partial charge in [0.1, 0.15) is 6.33 Å². The fraction of sp³-hybridized carbons (Fsp3) is 0.0870. The summed E-state index contributed by atoms with van der Waals surface area (Å²) in [6, 6.07) is 24.8. The first-order valence-electron chi connectivity index (χ1n) is 9.37. The number of hydrogen-bond acceptors (Lipinski definition) is 4. The Morgan fingerprint density at radius 2 is 1.67 bits per heavy atom. The summed E-state index contributed by atoms with van der Waals surface area (Å²) in [5.41, 5.74) is 3.69. The summed E-state index contributed by atoms with van der Waals surface area (Å²) in [5.74, 6) is 0.613. The number of aromatic amines is 1. The van der Waals surface area contributed by atoms with Crippen LogP contribution in [0.15, 0.2) is 90.3 Å². The molecule has 0 aliphatic carbocycles. The number of nitrogens with zero attached hydrogens (tertiary/aromatic N) is 2. The maximum Gasteiger partial charge on any atom is 0.252 e. The third kappa shape index (κ3) is 5.09. The maximum atomic E-state index is 13.0. The fourth-order valence-electron chi connectivity index (χ4n) is 3.04. The molecular weight excluding hydrogens is 416 g/mol. The molecule has 0 radical (unpaired) electrons. The van der Waals surface area contributed by atoms with Crippen LogP contribution < -0.4 is 5.32 Å². The molecule has 0 fully saturated rings. The van der Waals surface area contributed by atoms with Gasteiger partial charge in [0.15, 0.2) is 5.16 Å². The number of carbonyl (C=O) groups is 1. The molecule has 0 spiro atoms. The molecule has 7 heteroatoms. The molecule has 0 unspecified atom stereocenters. The number of nitrogens with one attached hydrogen (secondary N) is 2. The van der Waals surface area contributed by atoms with Gasteiger partial charge in [-0.1, -0.05) is 78.0 Å². The third-order valence-electron chi connectivity index (χ3n) is 4.60. The minimum absolute atomic E-state index is 0.131. The average Bonchev–Trinajstić information content (AvgIpc) is 3.31. The van der Waals surface area contributed by atoms with E-state index in [1.165, 1.54) is 6.33 Å². The summed E-state index contributed by atoms with van der Waals surface area (Å²) in [5, 5.41) is 11.2. The number of carbonyl (C=O) groups excluding carboxylic acids is 1. The van der Waals surface area contributed by atoms with Gasteiger partial charge in [-0.05, 0) is 41.0 Å². The van der Waals surface area contributed by atoms with Gasteiger partial charge in [0.2, 0.25) is 0 Å². The van der Waals surface area contributed by atoms with Crippen LogP contribution in [0.25, 0.3) is 0 Å². The summed E-state index contributed by atoms with van der Waals surface area (Å²) >= 11 is 7.60. The van der Waals surface area contributed by atoms with E-state index in [-0.39, 0.29) is 11.9 Å². The Bertz CT molecular complexity index is 1080. The Hall–Kier alpha value is -3.09. The quantitative estimate of drug-likeness (QED) is 0.389. The van der Waals surface area contributed by atoms with Crippen molar-refractivity contribution in [2.24, 2.45) is 0 Å². The molecule has 0 bridgehead atoms. The van der Waals surface area contributed by atoms with Crippen LogP contribution >= 0.6 is 23.4 Å². The smallest absolute Gasteiger partial charge is 0.252 e. The number of aromatic nitrogens is 3. The number of H-pyrrole nitrogens is 1. The van der Waals surface area contributed by atoms with Crippen LogP contribution in [-0.2, 0) is 5.75 Å². The van der Waals surface area contributed by atoms with Crippen molar-refractivity contribution in [2.75, 3.05) is 0 Å². The van der Waals surface area contributed by atoms with E-state index in [4.69, 9.17) is 11.6 Å². The maximum absolute atomic E-state index is 13.0. The lowest BCUT2D eigenvalue weighted by Gasteiger charge is -2.20. The number of thioether (sulfide) groups is 1. The molecule has 4 rings (SSSR count). The van der Waals surface area contributed by atoms with Gasteiger partial charge in [0.05, 0.1) is 6.04 Å². The molecule has 0 saturated carbocycles. The van der Waals surface area contributed by atoms with Crippen molar-refractivity contribution in [2.45, 2.75) is 17.0 Å². The topological polar surface area (TPSA) is 70.7 Å². The Morgan fingerprint density at radius 3 is 2.33 bits per heavy atom. The third-order valence-corrected chi connectivity index (χ3v) is 5.80. The van der Waals surface area contributed by atoms with Crippen LogP contribution in [0.2, 0.25) is 5.02 Å². The molecule has 0 aliphatic heterocycles. The second-order valence-electron chi connectivity index (χ2n) is 6.64. The molecule has 30 heavy (non-hydrogen) atoms. The van der Waals surface area contributed by atoms with Gasteiger partial charge >= 0.3 is 0 Å². The number of benzene rings is 3. The Labute approximate surface area is 183 Å². The second-order valence-corrected chi connectivity index (χ2v) is 8.05. The molecule has 1 amide bonds. The summed E-state index contributed by atoms with van der Waals surface area (Å²) in [6.45, 7) is 0. The highest BCUT2D eigenvalue weighted by Crippen LogP contribution is 2.24. The lowest BCUT2D eigenvalue weighted by molar-refractivity contribution is 0.0943. The molecule has 1 aromatic heterocycles. The van der Waals surface area contributed by atoms with E-state index >= 15 is 0 Å². The van der Waals surface area contributed by atoms with E-state index in [1.807, 2.05) is 78.9 Å². The van der Waals surface area contributed by atoms with E-state index in [1.54, 1.807) is 11.8 Å². The van der Waals surface area contributed by atoms with Crippen LogP contribution in [-0.4, -0.2) is 21.1 Å². The first-order valence-corrected chi connectivity index (χ1v) is 10.7. The molecule has 150 valence electrons. The molecule has 0 saturated heterocycles. The van der Waals surface area contributed by atoms with Crippen LogP contribution in [0.5, 0.6) is 0 Å². The van der Waals surface area contributed by atoms with Crippen LogP contribution in [0.1, 0.15) is 33.1 Å². The summed E-state index contributed by atoms with van der Waals surface area (Å²) in [6.07, 6.45) is 1.49. The number of halogens is 1. The highest BCUT2D eigenvalue weighted by Gasteiger charge is 2.18. The van der Waals surface area contributed by atoms with Gasteiger partial charge in [0.25, 0.3) is 5.91 Å². The highest BCUT2D eigenvalue weighted by atomic mass is 35.5. The Kier molecular flexibility index (Phi) is 6.47. The minimum Gasteiger partial charge on any atom is -0.341 e. The van der Waals surface area contributed by atoms with Crippen molar-refractivity contribution in [3.8, 4) is 0 Å². The van der Waals surface area contributed by atoms with Crippen molar-refractivity contribution in [3.63, 3.8) is 0 Å². The molecule has 5 nitrogen and oxygen atoms in total. The molecule has 1 atom stereocenters. The SMILES string of the molecule is O=C(N[C@H](c1ccccc1)c1ccc(Cl)cc1)c1ccc(CSc2ncn[nH]2)cc1. The van der Waals surface area contributed by atoms with Crippen molar-refractivity contribution < 1.29 is 4.79 Å². The zero-order valence-corrected chi connectivity index (χ0v) is 17.5. The highest BCUT2D eigenvalue weighted by molar-refractivity contribution is 7.98. The van der Waals surface area contributed by atoms with E-state index in [9.17, 15) is 4.79 Å². The standard InChI is InChI=1S/C23H19ClN4OS/c24-20-12-10-18(11-13-20)21(17-4-2-1-3-5-17)27-22(29)19-8-6-16(7-9-19)14-30-23-25-15-26-28-23/h1-13,15,21H,14H2,(H,27,29)(H,25,26,28)/t21-/m1/s1. The molecule has 3 aromatic carbocycles. The molecular formula is C23H19ClN4OS. The number of hydrogen-bond donors (Lipinski definition) is 2. The predicted molar refractivity (Wildman–Crippen MR) is 120 cm³/mol. The van der Waals surface area contributed by atoms with Crippen molar-refractivity contribution in [1.82, 2.24) is 20.5 Å².